The molecular weight excluding hydrogens is 468 g/mol. The maximum absolute atomic E-state index is 12.4. The van der Waals surface area contributed by atoms with E-state index >= 15 is 0 Å². The number of esters is 1. The number of imide groups is 1. The molecule has 0 saturated carbocycles. The fourth-order valence-electron chi connectivity index (χ4n) is 3.39. The van der Waals surface area contributed by atoms with E-state index in [0.29, 0.717) is 11.5 Å². The van der Waals surface area contributed by atoms with Gasteiger partial charge in [0.1, 0.15) is 23.1 Å². The molecule has 3 rings (SSSR count). The highest BCUT2D eigenvalue weighted by atomic mass is 16.6. The van der Waals surface area contributed by atoms with Crippen LogP contribution in [-0.4, -0.2) is 48.4 Å². The van der Waals surface area contributed by atoms with E-state index in [1.807, 2.05) is 0 Å². The van der Waals surface area contributed by atoms with Gasteiger partial charge in [0.25, 0.3) is 5.91 Å². The van der Waals surface area contributed by atoms with Crippen LogP contribution in [0.5, 0.6) is 11.5 Å². The second kappa shape index (κ2) is 11.6. The Labute approximate surface area is 209 Å². The summed E-state index contributed by atoms with van der Waals surface area (Å²) in [5.41, 5.74) is 0.907. The number of ether oxygens (including phenoxy) is 4. The predicted octanol–water partition coefficient (Wildman–Crippen LogP) is 3.66. The van der Waals surface area contributed by atoms with Crippen LogP contribution in [0.25, 0.3) is 0 Å². The largest absolute Gasteiger partial charge is 0.464 e. The van der Waals surface area contributed by atoms with Crippen molar-refractivity contribution in [3.63, 3.8) is 0 Å². The van der Waals surface area contributed by atoms with Crippen LogP contribution in [0.2, 0.25) is 0 Å². The van der Waals surface area contributed by atoms with E-state index < -0.39 is 41.8 Å². The van der Waals surface area contributed by atoms with Gasteiger partial charge in [-0.15, -0.1) is 0 Å². The number of alkyl carbamates (subject to hydrolysis) is 2. The summed E-state index contributed by atoms with van der Waals surface area (Å²) >= 11 is 0. The highest BCUT2D eigenvalue weighted by Gasteiger charge is 2.32. The monoisotopic (exact) mass is 498 g/mol. The summed E-state index contributed by atoms with van der Waals surface area (Å²) in [7, 11) is 0. The van der Waals surface area contributed by atoms with Crippen LogP contribution in [-0.2, 0) is 36.6 Å². The first-order chi connectivity index (χ1) is 17.0. The summed E-state index contributed by atoms with van der Waals surface area (Å²) in [5, 5.41) is 4.68. The molecule has 0 aliphatic carbocycles. The molecule has 36 heavy (non-hydrogen) atoms. The third-order valence-electron chi connectivity index (χ3n) is 4.97. The minimum Gasteiger partial charge on any atom is -0.464 e. The summed E-state index contributed by atoms with van der Waals surface area (Å²) in [6.45, 7) is 7.10. The number of benzene rings is 2. The number of amides is 3. The van der Waals surface area contributed by atoms with Crippen molar-refractivity contribution >= 4 is 24.1 Å². The maximum atomic E-state index is 12.4. The number of carbonyl (C=O) groups excluding carboxylic acids is 4. The highest BCUT2D eigenvalue weighted by Crippen LogP contribution is 2.23. The summed E-state index contributed by atoms with van der Waals surface area (Å²) in [6, 6.07) is 13.3. The average molecular weight is 499 g/mol. The lowest BCUT2D eigenvalue weighted by Crippen LogP contribution is -2.45. The third-order valence-corrected chi connectivity index (χ3v) is 4.97. The fourth-order valence-corrected chi connectivity index (χ4v) is 3.39. The van der Waals surface area contributed by atoms with Gasteiger partial charge in [0.05, 0.1) is 6.61 Å². The zero-order valence-electron chi connectivity index (χ0n) is 20.7. The van der Waals surface area contributed by atoms with E-state index in [9.17, 15) is 19.2 Å². The van der Waals surface area contributed by atoms with Gasteiger partial charge >= 0.3 is 18.2 Å². The smallest absolute Gasteiger partial charge is 0.414 e. The quantitative estimate of drug-likeness (QED) is 0.396. The van der Waals surface area contributed by atoms with Crippen LogP contribution < -0.4 is 15.4 Å². The SMILES string of the molecule is CCOC(=O)C(Cc1ccc(Oc2ccc(CC3OC(=O)NC3=O)cc2)cc1)NC(=O)OC(C)(C)C. The Bertz CT molecular complexity index is 1090. The van der Waals surface area contributed by atoms with Gasteiger partial charge in [-0.05, 0) is 63.1 Å². The molecule has 192 valence electrons. The second-order valence-electron chi connectivity index (χ2n) is 9.13. The van der Waals surface area contributed by atoms with Crippen LogP contribution in [0.1, 0.15) is 38.8 Å². The van der Waals surface area contributed by atoms with E-state index in [2.05, 4.69) is 10.6 Å². The topological polar surface area (TPSA) is 129 Å². The molecule has 2 aromatic carbocycles. The van der Waals surface area contributed by atoms with Crippen LogP contribution in [0.4, 0.5) is 9.59 Å². The molecule has 3 amide bonds. The molecule has 10 nitrogen and oxygen atoms in total. The molecule has 10 heteroatoms. The van der Waals surface area contributed by atoms with Gasteiger partial charge in [-0.25, -0.2) is 14.4 Å². The van der Waals surface area contributed by atoms with Crippen molar-refractivity contribution in [2.75, 3.05) is 6.61 Å². The zero-order chi connectivity index (χ0) is 26.3. The van der Waals surface area contributed by atoms with Gasteiger partial charge in [0.2, 0.25) is 0 Å². The van der Waals surface area contributed by atoms with Gasteiger partial charge < -0.3 is 24.3 Å². The van der Waals surface area contributed by atoms with E-state index in [4.69, 9.17) is 18.9 Å². The molecule has 2 aromatic rings. The lowest BCUT2D eigenvalue weighted by atomic mass is 10.1. The molecule has 0 radical (unpaired) electrons. The van der Waals surface area contributed by atoms with E-state index in [1.165, 1.54) is 0 Å². The molecule has 1 aliphatic heterocycles. The molecule has 1 aliphatic rings. The van der Waals surface area contributed by atoms with Crippen LogP contribution in [0.3, 0.4) is 0 Å². The first-order valence-corrected chi connectivity index (χ1v) is 11.6. The van der Waals surface area contributed by atoms with Crippen LogP contribution in [0, 0.1) is 0 Å². The molecule has 2 unspecified atom stereocenters. The minimum atomic E-state index is -0.902. The van der Waals surface area contributed by atoms with E-state index in [1.54, 1.807) is 76.2 Å². The highest BCUT2D eigenvalue weighted by molar-refractivity contribution is 6.00. The van der Waals surface area contributed by atoms with Crippen LogP contribution >= 0.6 is 0 Å². The maximum Gasteiger partial charge on any atom is 0.414 e. The Hall–Kier alpha value is -4.08. The standard InChI is InChI=1S/C26H30N2O8/c1-5-33-23(30)20(27-25(32)36-26(2,3)4)14-16-6-10-18(11-7-16)34-19-12-8-17(9-13-19)15-21-22(29)28-24(31)35-21/h6-13,20-21H,5,14-15H2,1-4H3,(H,27,32)(H,28,29,31). The lowest BCUT2D eigenvalue weighted by molar-refractivity contribution is -0.145. The molecule has 1 saturated heterocycles. The Morgan fingerprint density at radius 3 is 2.08 bits per heavy atom. The van der Waals surface area contributed by atoms with Gasteiger partial charge in [0, 0.05) is 12.8 Å². The number of nitrogens with one attached hydrogen (secondary N) is 2. The Kier molecular flexibility index (Phi) is 8.52. The number of carbonyl (C=O) groups is 4. The number of rotatable bonds is 9. The van der Waals surface area contributed by atoms with Gasteiger partial charge in [0.15, 0.2) is 6.10 Å². The number of hydrogen-bond donors (Lipinski definition) is 2. The molecule has 0 aromatic heterocycles. The van der Waals surface area contributed by atoms with Gasteiger partial charge in [-0.2, -0.15) is 0 Å². The molecule has 2 N–H and O–H groups in total. The average Bonchev–Trinajstić information content (AvgIpc) is 3.11. The van der Waals surface area contributed by atoms with Crippen molar-refractivity contribution < 1.29 is 38.1 Å². The van der Waals surface area contributed by atoms with Crippen molar-refractivity contribution in [2.45, 2.75) is 58.3 Å². The molecule has 1 heterocycles. The molecule has 0 bridgehead atoms. The molecular formula is C26H30N2O8. The fraction of sp³-hybridized carbons (Fsp3) is 0.385. The Balaban J connectivity index is 1.58. The molecule has 2 atom stereocenters. The number of cyclic esters (lactones) is 1. The molecule has 1 fully saturated rings. The van der Waals surface area contributed by atoms with Gasteiger partial charge in [-0.3, -0.25) is 10.1 Å². The van der Waals surface area contributed by atoms with Crippen molar-refractivity contribution in [1.29, 1.82) is 0 Å². The zero-order valence-corrected chi connectivity index (χ0v) is 20.7. The summed E-state index contributed by atoms with van der Waals surface area (Å²) < 4.78 is 21.1. The summed E-state index contributed by atoms with van der Waals surface area (Å²) in [4.78, 5) is 47.3. The van der Waals surface area contributed by atoms with Crippen molar-refractivity contribution in [2.24, 2.45) is 0 Å². The van der Waals surface area contributed by atoms with Crippen LogP contribution in [0.15, 0.2) is 48.5 Å². The van der Waals surface area contributed by atoms with E-state index in [-0.39, 0.29) is 19.4 Å². The van der Waals surface area contributed by atoms with E-state index in [0.717, 1.165) is 11.1 Å². The Morgan fingerprint density at radius 2 is 1.58 bits per heavy atom. The lowest BCUT2D eigenvalue weighted by Gasteiger charge is -2.23. The van der Waals surface area contributed by atoms with Gasteiger partial charge in [-0.1, -0.05) is 24.3 Å². The summed E-state index contributed by atoms with van der Waals surface area (Å²) in [6.07, 6.45) is -1.78. The molecule has 0 spiro atoms. The van der Waals surface area contributed by atoms with Crippen molar-refractivity contribution in [1.82, 2.24) is 10.6 Å². The minimum absolute atomic E-state index is 0.190. The second-order valence-corrected chi connectivity index (χ2v) is 9.13. The first-order valence-electron chi connectivity index (χ1n) is 11.6. The first kappa shape index (κ1) is 26.5. The van der Waals surface area contributed by atoms with Crippen molar-refractivity contribution in [3.05, 3.63) is 59.7 Å². The third kappa shape index (κ3) is 8.00. The Morgan fingerprint density at radius 1 is 1.00 bits per heavy atom. The van der Waals surface area contributed by atoms with Crippen molar-refractivity contribution in [3.8, 4) is 11.5 Å². The normalized spacial score (nSPS) is 15.9. The number of hydrogen-bond acceptors (Lipinski definition) is 8. The summed E-state index contributed by atoms with van der Waals surface area (Å²) in [5.74, 6) is 0.152. The predicted molar refractivity (Wildman–Crippen MR) is 129 cm³/mol.